The SMILES string of the molecule is Cc1c(-c2ccc3c(c2)/C(=C/c2cc4ccccc4[nH]2)C(=O)N3)cnc2c1NCCO2. The number of nitrogens with one attached hydrogen (secondary N) is 3. The van der Waals surface area contributed by atoms with Crippen molar-refractivity contribution in [1.29, 1.82) is 0 Å². The Morgan fingerprint density at radius 2 is 2.00 bits per heavy atom. The predicted molar refractivity (Wildman–Crippen MR) is 123 cm³/mol. The largest absolute Gasteiger partial charge is 0.474 e. The zero-order valence-electron chi connectivity index (χ0n) is 17.0. The second-order valence-electron chi connectivity index (χ2n) is 7.84. The van der Waals surface area contributed by atoms with E-state index in [0.29, 0.717) is 18.1 Å². The summed E-state index contributed by atoms with van der Waals surface area (Å²) in [5.74, 6) is 0.547. The smallest absolute Gasteiger partial charge is 0.256 e. The van der Waals surface area contributed by atoms with Gasteiger partial charge in [-0.1, -0.05) is 24.3 Å². The molecule has 2 aromatic heterocycles. The molecule has 2 aromatic carbocycles. The van der Waals surface area contributed by atoms with Crippen LogP contribution < -0.4 is 15.4 Å². The number of anilines is 2. The van der Waals surface area contributed by atoms with E-state index >= 15 is 0 Å². The van der Waals surface area contributed by atoms with Crippen LogP contribution in [0.4, 0.5) is 11.4 Å². The Bertz CT molecular complexity index is 1370. The highest BCUT2D eigenvalue weighted by Crippen LogP contribution is 2.39. The first kappa shape index (κ1) is 17.8. The van der Waals surface area contributed by atoms with Gasteiger partial charge in [0.2, 0.25) is 5.88 Å². The number of hydrogen-bond acceptors (Lipinski definition) is 4. The summed E-state index contributed by atoms with van der Waals surface area (Å²) in [6.07, 6.45) is 3.76. The molecule has 0 aliphatic carbocycles. The number of nitrogens with zero attached hydrogens (tertiary/aromatic N) is 1. The van der Waals surface area contributed by atoms with E-state index < -0.39 is 0 Å². The molecular formula is C25H20N4O2. The fourth-order valence-corrected chi connectivity index (χ4v) is 4.34. The van der Waals surface area contributed by atoms with Crippen molar-refractivity contribution < 1.29 is 9.53 Å². The molecule has 6 heteroatoms. The lowest BCUT2D eigenvalue weighted by atomic mass is 9.96. The standard InChI is InChI=1S/C25H20N4O2/c1-14-20(13-27-25-23(14)26-8-9-31-25)15-6-7-22-18(11-15)19(24(30)29-22)12-17-10-16-4-2-3-5-21(16)28-17/h2-7,10-13,26,28H,8-9H2,1H3,(H,29,30)/b19-12-. The summed E-state index contributed by atoms with van der Waals surface area (Å²) < 4.78 is 5.65. The fraction of sp³-hybridized carbons (Fsp3) is 0.120. The molecule has 0 radical (unpaired) electrons. The second-order valence-corrected chi connectivity index (χ2v) is 7.84. The van der Waals surface area contributed by atoms with Crippen molar-refractivity contribution >= 4 is 39.8 Å². The van der Waals surface area contributed by atoms with E-state index in [1.54, 1.807) is 0 Å². The summed E-state index contributed by atoms with van der Waals surface area (Å²) in [5.41, 5.74) is 8.36. The third-order valence-corrected chi connectivity index (χ3v) is 5.91. The minimum absolute atomic E-state index is 0.0961. The average Bonchev–Trinajstić information content (AvgIpc) is 3.34. The number of H-pyrrole nitrogens is 1. The first-order valence-corrected chi connectivity index (χ1v) is 10.3. The number of rotatable bonds is 2. The van der Waals surface area contributed by atoms with E-state index in [0.717, 1.165) is 56.8 Å². The summed E-state index contributed by atoms with van der Waals surface area (Å²) in [6, 6.07) is 16.2. The van der Waals surface area contributed by atoms with Gasteiger partial charge in [-0.3, -0.25) is 4.79 Å². The van der Waals surface area contributed by atoms with E-state index in [-0.39, 0.29) is 5.91 Å². The van der Waals surface area contributed by atoms with E-state index in [4.69, 9.17) is 4.74 Å². The average molecular weight is 408 g/mol. The Morgan fingerprint density at radius 3 is 2.90 bits per heavy atom. The number of benzene rings is 2. The fourth-order valence-electron chi connectivity index (χ4n) is 4.34. The maximum atomic E-state index is 12.7. The molecule has 0 fully saturated rings. The zero-order chi connectivity index (χ0) is 20.9. The molecule has 0 bridgehead atoms. The van der Waals surface area contributed by atoms with Crippen molar-refractivity contribution in [3.8, 4) is 17.0 Å². The highest BCUT2D eigenvalue weighted by molar-refractivity contribution is 6.35. The number of ether oxygens (including phenoxy) is 1. The van der Waals surface area contributed by atoms with Crippen LogP contribution in [0, 0.1) is 6.92 Å². The summed E-state index contributed by atoms with van der Waals surface area (Å²) in [6.45, 7) is 3.45. The summed E-state index contributed by atoms with van der Waals surface area (Å²) in [4.78, 5) is 20.6. The number of carbonyl (C=O) groups excluding carboxylic acids is 1. The highest BCUT2D eigenvalue weighted by atomic mass is 16.5. The van der Waals surface area contributed by atoms with Crippen LogP contribution in [-0.2, 0) is 4.79 Å². The van der Waals surface area contributed by atoms with Gasteiger partial charge in [-0.25, -0.2) is 4.98 Å². The number of amides is 1. The first-order chi connectivity index (χ1) is 15.2. The Morgan fingerprint density at radius 1 is 1.10 bits per heavy atom. The van der Waals surface area contributed by atoms with Crippen LogP contribution in [0.15, 0.2) is 54.7 Å². The Balaban J connectivity index is 1.45. The van der Waals surface area contributed by atoms with Crippen molar-refractivity contribution in [2.24, 2.45) is 0 Å². The number of carbonyl (C=O) groups is 1. The number of aromatic amines is 1. The molecule has 0 saturated carbocycles. The molecule has 1 amide bonds. The number of pyridine rings is 1. The third kappa shape index (κ3) is 2.87. The van der Waals surface area contributed by atoms with Gasteiger partial charge in [0.1, 0.15) is 12.3 Å². The minimum atomic E-state index is -0.0961. The van der Waals surface area contributed by atoms with Crippen molar-refractivity contribution in [2.75, 3.05) is 23.8 Å². The van der Waals surface area contributed by atoms with Crippen molar-refractivity contribution in [3.05, 3.63) is 71.5 Å². The van der Waals surface area contributed by atoms with Gasteiger partial charge in [-0.05, 0) is 53.8 Å². The number of fused-ring (bicyclic) bond motifs is 3. The molecule has 0 saturated heterocycles. The normalized spacial score (nSPS) is 15.9. The van der Waals surface area contributed by atoms with Crippen LogP contribution >= 0.6 is 0 Å². The monoisotopic (exact) mass is 408 g/mol. The van der Waals surface area contributed by atoms with Crippen molar-refractivity contribution in [2.45, 2.75) is 6.92 Å². The zero-order valence-corrected chi connectivity index (χ0v) is 17.0. The number of para-hydroxylation sites is 1. The molecule has 31 heavy (non-hydrogen) atoms. The van der Waals surface area contributed by atoms with E-state index in [9.17, 15) is 4.79 Å². The molecule has 2 aliphatic heterocycles. The molecule has 4 aromatic rings. The summed E-state index contributed by atoms with van der Waals surface area (Å²) in [5, 5.41) is 7.48. The Kier molecular flexibility index (Phi) is 3.86. The van der Waals surface area contributed by atoms with Crippen LogP contribution in [0.2, 0.25) is 0 Å². The Labute approximate surface area is 179 Å². The van der Waals surface area contributed by atoms with Gasteiger partial charge < -0.3 is 20.4 Å². The summed E-state index contributed by atoms with van der Waals surface area (Å²) >= 11 is 0. The first-order valence-electron chi connectivity index (χ1n) is 10.3. The van der Waals surface area contributed by atoms with Crippen LogP contribution in [0.1, 0.15) is 16.8 Å². The lowest BCUT2D eigenvalue weighted by molar-refractivity contribution is -0.110. The Hall–Kier alpha value is -4.06. The predicted octanol–water partition coefficient (Wildman–Crippen LogP) is 4.84. The van der Waals surface area contributed by atoms with Gasteiger partial charge in [-0.15, -0.1) is 0 Å². The second kappa shape index (κ2) is 6.74. The molecule has 0 unspecified atom stereocenters. The van der Waals surface area contributed by atoms with E-state index in [2.05, 4.69) is 45.7 Å². The van der Waals surface area contributed by atoms with Crippen molar-refractivity contribution in [3.63, 3.8) is 0 Å². The highest BCUT2D eigenvalue weighted by Gasteiger charge is 2.25. The maximum Gasteiger partial charge on any atom is 0.256 e. The van der Waals surface area contributed by atoms with Gasteiger partial charge in [0, 0.05) is 40.8 Å². The molecule has 3 N–H and O–H groups in total. The molecule has 152 valence electrons. The third-order valence-electron chi connectivity index (χ3n) is 5.91. The molecule has 2 aliphatic rings. The lowest BCUT2D eigenvalue weighted by Gasteiger charge is -2.21. The quantitative estimate of drug-likeness (QED) is 0.415. The van der Waals surface area contributed by atoms with Crippen molar-refractivity contribution in [1.82, 2.24) is 9.97 Å². The number of hydrogen-bond donors (Lipinski definition) is 3. The van der Waals surface area contributed by atoms with Crippen LogP contribution in [0.5, 0.6) is 5.88 Å². The molecule has 0 atom stereocenters. The van der Waals surface area contributed by atoms with Gasteiger partial charge in [-0.2, -0.15) is 0 Å². The molecular weight excluding hydrogens is 388 g/mol. The van der Waals surface area contributed by atoms with Crippen LogP contribution in [0.25, 0.3) is 33.7 Å². The van der Waals surface area contributed by atoms with E-state index in [1.807, 2.05) is 42.6 Å². The lowest BCUT2D eigenvalue weighted by Crippen LogP contribution is -2.20. The molecule has 6 rings (SSSR count). The van der Waals surface area contributed by atoms with Gasteiger partial charge in [0.15, 0.2) is 0 Å². The molecule has 0 spiro atoms. The minimum Gasteiger partial charge on any atom is -0.474 e. The van der Waals surface area contributed by atoms with Gasteiger partial charge in [0.05, 0.1) is 5.57 Å². The van der Waals surface area contributed by atoms with E-state index in [1.165, 1.54) is 0 Å². The van der Waals surface area contributed by atoms with Crippen LogP contribution in [0.3, 0.4) is 0 Å². The van der Waals surface area contributed by atoms with Gasteiger partial charge in [0.25, 0.3) is 5.91 Å². The molecule has 6 nitrogen and oxygen atoms in total. The van der Waals surface area contributed by atoms with Gasteiger partial charge >= 0.3 is 0 Å². The number of aromatic nitrogens is 2. The topological polar surface area (TPSA) is 79.0 Å². The molecule has 4 heterocycles. The maximum absolute atomic E-state index is 12.7. The summed E-state index contributed by atoms with van der Waals surface area (Å²) in [7, 11) is 0. The van der Waals surface area contributed by atoms with Crippen LogP contribution in [-0.4, -0.2) is 29.0 Å².